The zero-order chi connectivity index (χ0) is 13.8. The Morgan fingerprint density at radius 1 is 0.947 bits per heavy atom. The average Bonchev–Trinajstić information content (AvgIpc) is 2.39. The highest BCUT2D eigenvalue weighted by Crippen LogP contribution is 2.28. The summed E-state index contributed by atoms with van der Waals surface area (Å²) in [7, 11) is 0. The van der Waals surface area contributed by atoms with Gasteiger partial charge in [-0.25, -0.2) is 0 Å². The smallest absolute Gasteiger partial charge is 0.0759 e. The van der Waals surface area contributed by atoms with Gasteiger partial charge in [0.15, 0.2) is 0 Å². The minimum atomic E-state index is -0.300. The molecule has 2 nitrogen and oxygen atoms in total. The maximum Gasteiger partial charge on any atom is 0.0759 e. The summed E-state index contributed by atoms with van der Waals surface area (Å²) in [6.45, 7) is -0.0794. The molecule has 0 aliphatic heterocycles. The van der Waals surface area contributed by atoms with E-state index in [9.17, 15) is 5.11 Å². The maximum absolute atomic E-state index is 9.51. The maximum atomic E-state index is 9.51. The van der Waals surface area contributed by atoms with Gasteiger partial charge in [0.2, 0.25) is 0 Å². The van der Waals surface area contributed by atoms with Crippen molar-refractivity contribution in [2.75, 3.05) is 11.9 Å². The Hall–Kier alpha value is -0.930. The number of aliphatic hydroxyl groups is 1. The first kappa shape index (κ1) is 14.5. The van der Waals surface area contributed by atoms with Crippen molar-refractivity contribution in [1.29, 1.82) is 0 Å². The van der Waals surface area contributed by atoms with Crippen LogP contribution >= 0.6 is 34.8 Å². The van der Waals surface area contributed by atoms with Crippen LogP contribution in [0.2, 0.25) is 15.1 Å². The highest BCUT2D eigenvalue weighted by molar-refractivity contribution is 6.35. The summed E-state index contributed by atoms with van der Waals surface area (Å²) < 4.78 is 0. The quantitative estimate of drug-likeness (QED) is 0.850. The molecule has 0 amide bonds. The van der Waals surface area contributed by atoms with Crippen molar-refractivity contribution in [3.8, 4) is 0 Å². The van der Waals surface area contributed by atoms with Crippen LogP contribution in [-0.2, 0) is 0 Å². The molecule has 0 heterocycles. The number of hydrogen-bond acceptors (Lipinski definition) is 2. The highest BCUT2D eigenvalue weighted by Gasteiger charge is 2.14. The first-order chi connectivity index (χ1) is 9.10. The van der Waals surface area contributed by atoms with E-state index < -0.39 is 0 Å². The first-order valence-electron chi connectivity index (χ1n) is 5.68. The summed E-state index contributed by atoms with van der Waals surface area (Å²) in [6, 6.07) is 12.1. The van der Waals surface area contributed by atoms with Gasteiger partial charge in [0.05, 0.1) is 12.6 Å². The number of hydrogen-bond donors (Lipinski definition) is 2. The SMILES string of the molecule is OCC(Nc1ccc(Cl)cc1)c1ccc(Cl)cc1Cl. The van der Waals surface area contributed by atoms with Gasteiger partial charge >= 0.3 is 0 Å². The lowest BCUT2D eigenvalue weighted by Gasteiger charge is -2.19. The van der Waals surface area contributed by atoms with E-state index in [4.69, 9.17) is 34.8 Å². The second-order valence-corrected chi connectivity index (χ2v) is 5.33. The zero-order valence-electron chi connectivity index (χ0n) is 9.91. The van der Waals surface area contributed by atoms with Gasteiger partial charge in [-0.3, -0.25) is 0 Å². The van der Waals surface area contributed by atoms with Gasteiger partial charge in [-0.15, -0.1) is 0 Å². The third kappa shape index (κ3) is 3.77. The Bertz CT molecular complexity index is 557. The van der Waals surface area contributed by atoms with Crippen molar-refractivity contribution in [1.82, 2.24) is 0 Å². The molecular formula is C14H12Cl3NO. The summed E-state index contributed by atoms with van der Waals surface area (Å²) >= 11 is 17.8. The minimum Gasteiger partial charge on any atom is -0.394 e. The molecule has 0 fully saturated rings. The number of nitrogens with one attached hydrogen (secondary N) is 1. The standard InChI is InChI=1S/C14H12Cl3NO/c15-9-1-4-11(5-2-9)18-14(8-19)12-6-3-10(16)7-13(12)17/h1-7,14,18-19H,8H2. The number of anilines is 1. The molecule has 1 atom stereocenters. The summed E-state index contributed by atoms with van der Waals surface area (Å²) in [5.41, 5.74) is 1.65. The average molecular weight is 317 g/mol. The molecule has 100 valence electrons. The van der Waals surface area contributed by atoms with Gasteiger partial charge < -0.3 is 10.4 Å². The molecule has 0 aromatic heterocycles. The fraction of sp³-hybridized carbons (Fsp3) is 0.143. The van der Waals surface area contributed by atoms with Gasteiger partial charge in [-0.05, 0) is 42.0 Å². The van der Waals surface area contributed by atoms with Crippen LogP contribution in [0.4, 0.5) is 5.69 Å². The molecule has 2 rings (SSSR count). The number of benzene rings is 2. The molecule has 1 unspecified atom stereocenters. The number of aliphatic hydroxyl groups excluding tert-OH is 1. The largest absolute Gasteiger partial charge is 0.394 e. The molecular weight excluding hydrogens is 305 g/mol. The van der Waals surface area contributed by atoms with E-state index in [0.717, 1.165) is 11.3 Å². The Balaban J connectivity index is 2.22. The summed E-state index contributed by atoms with van der Waals surface area (Å²) in [6.07, 6.45) is 0. The van der Waals surface area contributed by atoms with Crippen molar-refractivity contribution >= 4 is 40.5 Å². The van der Waals surface area contributed by atoms with Gasteiger partial charge in [0.1, 0.15) is 0 Å². The van der Waals surface area contributed by atoms with Crippen molar-refractivity contribution in [3.05, 3.63) is 63.1 Å². The molecule has 0 bridgehead atoms. The van der Waals surface area contributed by atoms with E-state index in [-0.39, 0.29) is 12.6 Å². The fourth-order valence-electron chi connectivity index (χ4n) is 1.75. The van der Waals surface area contributed by atoms with Crippen molar-refractivity contribution < 1.29 is 5.11 Å². The predicted molar refractivity (Wildman–Crippen MR) is 81.4 cm³/mol. The molecule has 0 aliphatic rings. The predicted octanol–water partition coefficient (Wildman–Crippen LogP) is 4.79. The van der Waals surface area contributed by atoms with Crippen molar-refractivity contribution in [3.63, 3.8) is 0 Å². The number of halogens is 3. The highest BCUT2D eigenvalue weighted by atomic mass is 35.5. The van der Waals surface area contributed by atoms with E-state index in [2.05, 4.69) is 5.32 Å². The lowest BCUT2D eigenvalue weighted by Crippen LogP contribution is -2.15. The molecule has 5 heteroatoms. The summed E-state index contributed by atoms with van der Waals surface area (Å²) in [4.78, 5) is 0. The van der Waals surface area contributed by atoms with Crippen LogP contribution in [0.3, 0.4) is 0 Å². The van der Waals surface area contributed by atoms with E-state index in [1.54, 1.807) is 30.3 Å². The van der Waals surface area contributed by atoms with Gasteiger partial charge in [0.25, 0.3) is 0 Å². The van der Waals surface area contributed by atoms with Crippen LogP contribution in [0.15, 0.2) is 42.5 Å². The third-order valence-electron chi connectivity index (χ3n) is 2.71. The molecule has 19 heavy (non-hydrogen) atoms. The lowest BCUT2D eigenvalue weighted by atomic mass is 10.1. The Labute approximate surface area is 126 Å². The van der Waals surface area contributed by atoms with E-state index >= 15 is 0 Å². The molecule has 0 aliphatic carbocycles. The van der Waals surface area contributed by atoms with Crippen molar-refractivity contribution in [2.24, 2.45) is 0 Å². The number of rotatable bonds is 4. The molecule has 0 radical (unpaired) electrons. The van der Waals surface area contributed by atoms with E-state index in [1.807, 2.05) is 12.1 Å². The molecule has 0 saturated carbocycles. The normalized spacial score (nSPS) is 12.2. The Morgan fingerprint density at radius 3 is 2.16 bits per heavy atom. The van der Waals surface area contributed by atoms with E-state index in [1.165, 1.54) is 0 Å². The van der Waals surface area contributed by atoms with Crippen molar-refractivity contribution in [2.45, 2.75) is 6.04 Å². The second-order valence-electron chi connectivity index (χ2n) is 4.05. The van der Waals surface area contributed by atoms with Gasteiger partial charge in [0, 0.05) is 20.8 Å². The van der Waals surface area contributed by atoms with Crippen LogP contribution in [0.1, 0.15) is 11.6 Å². The Morgan fingerprint density at radius 2 is 1.58 bits per heavy atom. The molecule has 2 aromatic rings. The summed E-state index contributed by atoms with van der Waals surface area (Å²) in [5.74, 6) is 0. The van der Waals surface area contributed by atoms with Crippen LogP contribution in [0, 0.1) is 0 Å². The molecule has 2 aromatic carbocycles. The monoisotopic (exact) mass is 315 g/mol. The molecule has 0 saturated heterocycles. The lowest BCUT2D eigenvalue weighted by molar-refractivity contribution is 0.276. The van der Waals surface area contributed by atoms with Gasteiger partial charge in [-0.2, -0.15) is 0 Å². The van der Waals surface area contributed by atoms with Gasteiger partial charge in [-0.1, -0.05) is 40.9 Å². The zero-order valence-corrected chi connectivity index (χ0v) is 12.2. The minimum absolute atomic E-state index is 0.0794. The fourth-order valence-corrected chi connectivity index (χ4v) is 2.42. The third-order valence-corrected chi connectivity index (χ3v) is 3.52. The first-order valence-corrected chi connectivity index (χ1v) is 6.81. The van der Waals surface area contributed by atoms with Crippen LogP contribution < -0.4 is 5.32 Å². The van der Waals surface area contributed by atoms with Crippen LogP contribution in [0.25, 0.3) is 0 Å². The Kier molecular flexibility index (Phi) is 4.94. The summed E-state index contributed by atoms with van der Waals surface area (Å²) in [5, 5.41) is 14.5. The van der Waals surface area contributed by atoms with E-state index in [0.29, 0.717) is 15.1 Å². The topological polar surface area (TPSA) is 32.3 Å². The molecule has 0 spiro atoms. The molecule has 2 N–H and O–H groups in total. The second kappa shape index (κ2) is 6.49. The van der Waals surface area contributed by atoms with Crippen LogP contribution in [-0.4, -0.2) is 11.7 Å². The van der Waals surface area contributed by atoms with Crippen LogP contribution in [0.5, 0.6) is 0 Å².